The molecule has 1 aliphatic rings. The predicted molar refractivity (Wildman–Crippen MR) is 67.2 cm³/mol. The van der Waals surface area contributed by atoms with Gasteiger partial charge in [-0.05, 0) is 25.0 Å². The first-order chi connectivity index (χ1) is 8.61. The minimum absolute atomic E-state index is 0.104. The summed E-state index contributed by atoms with van der Waals surface area (Å²) >= 11 is 0. The van der Waals surface area contributed by atoms with Gasteiger partial charge < -0.3 is 10.6 Å². The second kappa shape index (κ2) is 5.02. The molecule has 0 saturated carbocycles. The Kier molecular flexibility index (Phi) is 3.44. The predicted octanol–water partition coefficient (Wildman–Crippen LogP) is 1.39. The van der Waals surface area contributed by atoms with Gasteiger partial charge in [-0.15, -0.1) is 0 Å². The molecule has 6 heteroatoms. The molecular formula is C12H14N4O2. The number of nitro groups is 1. The highest BCUT2D eigenvalue weighted by Gasteiger charge is 2.19. The lowest BCUT2D eigenvalue weighted by atomic mass is 10.0. The quantitative estimate of drug-likeness (QED) is 0.628. The summed E-state index contributed by atoms with van der Waals surface area (Å²) in [6.45, 7) is 1.65. The Balaban J connectivity index is 2.25. The standard InChI is InChI=1S/C12H14N4O2/c13-8-9-7-11(1-2-12(9)16(17)18)15-5-3-10(14)4-6-15/h1-2,7,10H,3-6,14H2. The summed E-state index contributed by atoms with van der Waals surface area (Å²) in [5.41, 5.74) is 6.64. The highest BCUT2D eigenvalue weighted by atomic mass is 16.6. The zero-order valence-electron chi connectivity index (χ0n) is 9.87. The van der Waals surface area contributed by atoms with Crippen molar-refractivity contribution in [3.05, 3.63) is 33.9 Å². The van der Waals surface area contributed by atoms with Crippen LogP contribution in [0.1, 0.15) is 18.4 Å². The van der Waals surface area contributed by atoms with E-state index >= 15 is 0 Å². The molecule has 94 valence electrons. The van der Waals surface area contributed by atoms with Crippen molar-refractivity contribution in [2.24, 2.45) is 5.73 Å². The van der Waals surface area contributed by atoms with Gasteiger partial charge in [0.1, 0.15) is 11.6 Å². The Bertz CT molecular complexity index is 501. The normalized spacial score (nSPS) is 16.3. The minimum atomic E-state index is -0.533. The number of hydrogen-bond acceptors (Lipinski definition) is 5. The fourth-order valence-electron chi connectivity index (χ4n) is 2.13. The van der Waals surface area contributed by atoms with Gasteiger partial charge in [-0.25, -0.2) is 0 Å². The Hall–Kier alpha value is -2.13. The van der Waals surface area contributed by atoms with Crippen molar-refractivity contribution >= 4 is 11.4 Å². The van der Waals surface area contributed by atoms with Crippen LogP contribution in [0, 0.1) is 21.4 Å². The molecule has 0 atom stereocenters. The molecule has 1 aromatic carbocycles. The van der Waals surface area contributed by atoms with Crippen LogP contribution in [0.5, 0.6) is 0 Å². The van der Waals surface area contributed by atoms with Crippen LogP contribution in [-0.4, -0.2) is 24.1 Å². The molecule has 0 aromatic heterocycles. The van der Waals surface area contributed by atoms with Crippen LogP contribution >= 0.6 is 0 Å². The molecule has 1 aliphatic heterocycles. The van der Waals surface area contributed by atoms with Crippen LogP contribution in [0.15, 0.2) is 18.2 Å². The summed E-state index contributed by atoms with van der Waals surface area (Å²) in [6, 6.07) is 6.76. The lowest BCUT2D eigenvalue weighted by molar-refractivity contribution is -0.385. The fraction of sp³-hybridized carbons (Fsp3) is 0.417. The topological polar surface area (TPSA) is 96.2 Å². The van der Waals surface area contributed by atoms with E-state index in [2.05, 4.69) is 4.90 Å². The molecule has 0 bridgehead atoms. The zero-order chi connectivity index (χ0) is 13.1. The van der Waals surface area contributed by atoms with Gasteiger partial charge in [-0.2, -0.15) is 5.26 Å². The highest BCUT2D eigenvalue weighted by Crippen LogP contribution is 2.26. The summed E-state index contributed by atoms with van der Waals surface area (Å²) in [5, 5.41) is 19.7. The maximum Gasteiger partial charge on any atom is 0.287 e. The summed E-state index contributed by atoms with van der Waals surface area (Å²) in [6.07, 6.45) is 1.80. The third-order valence-corrected chi connectivity index (χ3v) is 3.20. The number of nitro benzene ring substituents is 1. The lowest BCUT2D eigenvalue weighted by Gasteiger charge is -2.32. The van der Waals surface area contributed by atoms with Crippen molar-refractivity contribution in [3.63, 3.8) is 0 Å². The Morgan fingerprint density at radius 3 is 2.67 bits per heavy atom. The average molecular weight is 246 g/mol. The van der Waals surface area contributed by atoms with E-state index in [1.54, 1.807) is 12.1 Å². The van der Waals surface area contributed by atoms with E-state index in [0.717, 1.165) is 31.6 Å². The van der Waals surface area contributed by atoms with Gasteiger partial charge in [0, 0.05) is 30.9 Å². The number of rotatable bonds is 2. The summed E-state index contributed by atoms with van der Waals surface area (Å²) < 4.78 is 0. The fourth-order valence-corrected chi connectivity index (χ4v) is 2.13. The molecule has 1 heterocycles. The van der Waals surface area contributed by atoms with Gasteiger partial charge in [0.05, 0.1) is 4.92 Å². The van der Waals surface area contributed by atoms with Crippen molar-refractivity contribution in [3.8, 4) is 6.07 Å². The lowest BCUT2D eigenvalue weighted by Crippen LogP contribution is -2.39. The highest BCUT2D eigenvalue weighted by molar-refractivity contribution is 5.60. The Morgan fingerprint density at radius 1 is 1.44 bits per heavy atom. The number of hydrogen-bond donors (Lipinski definition) is 1. The number of benzene rings is 1. The number of piperidine rings is 1. The second-order valence-electron chi connectivity index (χ2n) is 4.39. The molecule has 1 saturated heterocycles. The summed E-state index contributed by atoms with van der Waals surface area (Å²) in [7, 11) is 0. The van der Waals surface area contributed by atoms with Crippen LogP contribution in [0.4, 0.5) is 11.4 Å². The molecule has 0 unspecified atom stereocenters. The molecule has 0 spiro atoms. The molecule has 1 aromatic rings. The van der Waals surface area contributed by atoms with Crippen LogP contribution < -0.4 is 10.6 Å². The third kappa shape index (κ3) is 2.41. The van der Waals surface area contributed by atoms with E-state index < -0.39 is 4.92 Å². The molecule has 0 aliphatic carbocycles. The first kappa shape index (κ1) is 12.3. The van der Waals surface area contributed by atoms with Gasteiger partial charge in [0.2, 0.25) is 0 Å². The number of nitrogens with two attached hydrogens (primary N) is 1. The van der Waals surface area contributed by atoms with Gasteiger partial charge in [-0.1, -0.05) is 0 Å². The van der Waals surface area contributed by atoms with Crippen molar-refractivity contribution in [2.45, 2.75) is 18.9 Å². The van der Waals surface area contributed by atoms with Crippen molar-refractivity contribution in [1.82, 2.24) is 0 Å². The SMILES string of the molecule is N#Cc1cc(N2CCC(N)CC2)ccc1[N+](=O)[O-]. The summed E-state index contributed by atoms with van der Waals surface area (Å²) in [4.78, 5) is 12.3. The van der Waals surface area contributed by atoms with Gasteiger partial charge >= 0.3 is 0 Å². The number of nitrogens with zero attached hydrogens (tertiary/aromatic N) is 3. The van der Waals surface area contributed by atoms with Crippen molar-refractivity contribution < 1.29 is 4.92 Å². The van der Waals surface area contributed by atoms with E-state index in [1.165, 1.54) is 6.07 Å². The van der Waals surface area contributed by atoms with E-state index in [4.69, 9.17) is 11.0 Å². The smallest absolute Gasteiger partial charge is 0.287 e. The van der Waals surface area contributed by atoms with Crippen LogP contribution in [0.25, 0.3) is 0 Å². The largest absolute Gasteiger partial charge is 0.371 e. The third-order valence-electron chi connectivity index (χ3n) is 3.20. The average Bonchev–Trinajstić information content (AvgIpc) is 2.38. The minimum Gasteiger partial charge on any atom is -0.371 e. The van der Waals surface area contributed by atoms with Crippen molar-refractivity contribution in [1.29, 1.82) is 5.26 Å². The summed E-state index contributed by atoms with van der Waals surface area (Å²) in [5.74, 6) is 0. The maximum atomic E-state index is 10.7. The first-order valence-electron chi connectivity index (χ1n) is 5.81. The Labute approximate surface area is 105 Å². The second-order valence-corrected chi connectivity index (χ2v) is 4.39. The van der Waals surface area contributed by atoms with E-state index in [1.807, 2.05) is 6.07 Å². The molecule has 1 fully saturated rings. The first-order valence-corrected chi connectivity index (χ1v) is 5.81. The molecule has 2 N–H and O–H groups in total. The zero-order valence-corrected chi connectivity index (χ0v) is 9.87. The van der Waals surface area contributed by atoms with Crippen LogP contribution in [0.3, 0.4) is 0 Å². The molecule has 0 amide bonds. The van der Waals surface area contributed by atoms with Gasteiger partial charge in [-0.3, -0.25) is 10.1 Å². The Morgan fingerprint density at radius 2 is 2.11 bits per heavy atom. The molecule has 0 radical (unpaired) electrons. The maximum absolute atomic E-state index is 10.7. The van der Waals surface area contributed by atoms with E-state index in [-0.39, 0.29) is 17.3 Å². The van der Waals surface area contributed by atoms with Crippen LogP contribution in [-0.2, 0) is 0 Å². The number of nitriles is 1. The van der Waals surface area contributed by atoms with Gasteiger partial charge in [0.15, 0.2) is 0 Å². The molecule has 18 heavy (non-hydrogen) atoms. The number of anilines is 1. The van der Waals surface area contributed by atoms with E-state index in [0.29, 0.717) is 0 Å². The molecular weight excluding hydrogens is 232 g/mol. The van der Waals surface area contributed by atoms with Crippen molar-refractivity contribution in [2.75, 3.05) is 18.0 Å². The molecule has 2 rings (SSSR count). The van der Waals surface area contributed by atoms with E-state index in [9.17, 15) is 10.1 Å². The van der Waals surface area contributed by atoms with Crippen LogP contribution in [0.2, 0.25) is 0 Å². The van der Waals surface area contributed by atoms with Gasteiger partial charge in [0.25, 0.3) is 5.69 Å². The monoisotopic (exact) mass is 246 g/mol. The molecule has 6 nitrogen and oxygen atoms in total.